The fourth-order valence-electron chi connectivity index (χ4n) is 1.19. The lowest BCUT2D eigenvalue weighted by Gasteiger charge is -2.02. The van der Waals surface area contributed by atoms with Gasteiger partial charge in [0, 0.05) is 17.3 Å². The molecule has 0 saturated carbocycles. The Morgan fingerprint density at radius 1 is 1.24 bits per heavy atom. The lowest BCUT2D eigenvalue weighted by molar-refractivity contribution is 0.602. The zero-order valence-electron chi connectivity index (χ0n) is 9.34. The minimum Gasteiger partial charge on any atom is -0.247 e. The van der Waals surface area contributed by atoms with Crippen LogP contribution in [0.25, 0.3) is 0 Å². The van der Waals surface area contributed by atoms with E-state index < -0.39 is 10.0 Å². The Hall–Kier alpha value is -1.47. The van der Waals surface area contributed by atoms with Crippen LogP contribution >= 0.6 is 11.3 Å². The zero-order valence-corrected chi connectivity index (χ0v) is 11.0. The van der Waals surface area contributed by atoms with Crippen molar-refractivity contribution in [1.29, 1.82) is 0 Å². The van der Waals surface area contributed by atoms with Crippen LogP contribution < -0.4 is 4.72 Å². The first-order chi connectivity index (χ1) is 7.99. The maximum Gasteiger partial charge on any atom is 0.273 e. The van der Waals surface area contributed by atoms with Gasteiger partial charge in [-0.25, -0.2) is 23.1 Å². The van der Waals surface area contributed by atoms with E-state index in [4.69, 9.17) is 0 Å². The molecule has 2 rings (SSSR count). The van der Waals surface area contributed by atoms with Gasteiger partial charge < -0.3 is 0 Å². The van der Waals surface area contributed by atoms with Gasteiger partial charge in [0.1, 0.15) is 4.21 Å². The van der Waals surface area contributed by atoms with E-state index in [0.717, 1.165) is 10.4 Å². The molecule has 2 aromatic heterocycles. The molecule has 0 saturated heterocycles. The molecular weight excluding hydrogens is 258 g/mol. The molecule has 0 unspecified atom stereocenters. The molecule has 0 aliphatic rings. The van der Waals surface area contributed by atoms with E-state index in [0.29, 0.717) is 0 Å². The highest BCUT2D eigenvalue weighted by atomic mass is 32.2. The van der Waals surface area contributed by atoms with Crippen molar-refractivity contribution in [2.45, 2.75) is 18.1 Å². The van der Waals surface area contributed by atoms with Crippen LogP contribution in [0, 0.1) is 13.8 Å². The van der Waals surface area contributed by atoms with E-state index in [1.807, 2.05) is 13.8 Å². The van der Waals surface area contributed by atoms with Crippen LogP contribution in [0.2, 0.25) is 0 Å². The summed E-state index contributed by atoms with van der Waals surface area (Å²) in [6, 6.07) is 3.27. The average Bonchev–Trinajstić information content (AvgIpc) is 2.61. The smallest absolute Gasteiger partial charge is 0.247 e. The van der Waals surface area contributed by atoms with Gasteiger partial charge >= 0.3 is 0 Å². The van der Waals surface area contributed by atoms with E-state index in [-0.39, 0.29) is 10.2 Å². The highest BCUT2D eigenvalue weighted by Crippen LogP contribution is 2.25. The number of thiophene rings is 1. The van der Waals surface area contributed by atoms with Crippen LogP contribution in [-0.4, -0.2) is 18.4 Å². The van der Waals surface area contributed by atoms with E-state index >= 15 is 0 Å². The fourth-order valence-corrected chi connectivity index (χ4v) is 3.67. The van der Waals surface area contributed by atoms with Crippen LogP contribution in [0.5, 0.6) is 0 Å². The molecule has 0 aliphatic carbocycles. The molecule has 90 valence electrons. The van der Waals surface area contributed by atoms with Gasteiger partial charge in [0.2, 0.25) is 5.95 Å². The highest BCUT2D eigenvalue weighted by molar-refractivity contribution is 7.94. The highest BCUT2D eigenvalue weighted by Gasteiger charge is 2.18. The predicted molar refractivity (Wildman–Crippen MR) is 66.6 cm³/mol. The van der Waals surface area contributed by atoms with Gasteiger partial charge in [-0.3, -0.25) is 0 Å². The molecule has 2 aromatic rings. The molecule has 17 heavy (non-hydrogen) atoms. The number of aryl methyl sites for hydroxylation is 2. The summed E-state index contributed by atoms with van der Waals surface area (Å²) >= 11 is 1.23. The minimum absolute atomic E-state index is 0.0798. The van der Waals surface area contributed by atoms with Crippen molar-refractivity contribution in [1.82, 2.24) is 9.97 Å². The van der Waals surface area contributed by atoms with Crippen LogP contribution in [-0.2, 0) is 10.0 Å². The Morgan fingerprint density at radius 3 is 2.41 bits per heavy atom. The molecule has 0 radical (unpaired) electrons. The predicted octanol–water partition coefficient (Wildman–Crippen LogP) is 1.96. The van der Waals surface area contributed by atoms with E-state index in [2.05, 4.69) is 14.7 Å². The summed E-state index contributed by atoms with van der Waals surface area (Å²) in [4.78, 5) is 8.63. The molecule has 0 fully saturated rings. The molecule has 5 nitrogen and oxygen atoms in total. The third-order valence-electron chi connectivity index (χ3n) is 2.20. The topological polar surface area (TPSA) is 72.0 Å². The van der Waals surface area contributed by atoms with Gasteiger partial charge in [-0.15, -0.1) is 11.3 Å². The van der Waals surface area contributed by atoms with Crippen LogP contribution in [0.1, 0.15) is 10.4 Å². The number of aromatic nitrogens is 2. The van der Waals surface area contributed by atoms with E-state index in [9.17, 15) is 8.42 Å². The Balaban J connectivity index is 2.32. The van der Waals surface area contributed by atoms with Crippen molar-refractivity contribution in [2.75, 3.05) is 4.72 Å². The number of nitrogens with zero attached hydrogens (tertiary/aromatic N) is 2. The fraction of sp³-hybridized carbons (Fsp3) is 0.200. The van der Waals surface area contributed by atoms with Gasteiger partial charge in [-0.2, -0.15) is 0 Å². The number of sulfonamides is 1. The first-order valence-corrected chi connectivity index (χ1v) is 7.16. The van der Waals surface area contributed by atoms with Crippen LogP contribution in [0.3, 0.4) is 0 Å². The van der Waals surface area contributed by atoms with Crippen molar-refractivity contribution < 1.29 is 8.42 Å². The van der Waals surface area contributed by atoms with Gasteiger partial charge in [0.15, 0.2) is 0 Å². The third-order valence-corrected chi connectivity index (χ3v) is 5.15. The largest absolute Gasteiger partial charge is 0.273 e. The lowest BCUT2D eigenvalue weighted by atomic mass is 10.3. The Bertz CT molecular complexity index is 601. The second-order valence-electron chi connectivity index (χ2n) is 3.48. The maximum atomic E-state index is 12.0. The Kier molecular flexibility index (Phi) is 3.12. The number of anilines is 1. The molecule has 2 heterocycles. The Morgan fingerprint density at radius 2 is 1.88 bits per heavy atom. The second-order valence-corrected chi connectivity index (χ2v) is 6.65. The lowest BCUT2D eigenvalue weighted by Crippen LogP contribution is -2.13. The number of rotatable bonds is 3. The van der Waals surface area contributed by atoms with Gasteiger partial charge in [0.25, 0.3) is 10.0 Å². The van der Waals surface area contributed by atoms with Crippen molar-refractivity contribution in [2.24, 2.45) is 0 Å². The molecule has 1 N–H and O–H groups in total. The summed E-state index contributed by atoms with van der Waals surface area (Å²) in [5.74, 6) is 0.0798. The minimum atomic E-state index is -3.57. The maximum absolute atomic E-state index is 12.0. The van der Waals surface area contributed by atoms with Crippen molar-refractivity contribution >= 4 is 27.3 Å². The molecule has 0 bridgehead atoms. The summed E-state index contributed by atoms with van der Waals surface area (Å²) in [5, 5.41) is 0. The molecule has 7 heteroatoms. The van der Waals surface area contributed by atoms with Crippen molar-refractivity contribution in [3.8, 4) is 0 Å². The van der Waals surface area contributed by atoms with Gasteiger partial charge in [0.05, 0.1) is 0 Å². The van der Waals surface area contributed by atoms with E-state index in [1.165, 1.54) is 23.7 Å². The molecular formula is C10H11N3O2S2. The molecule has 0 spiro atoms. The standard InChI is InChI=1S/C10H11N3O2S2/c1-7-6-9(16-8(7)2)17(14,15)13-10-11-4-3-5-12-10/h3-6H,1-2H3,(H,11,12,13). The number of hydrogen-bond donors (Lipinski definition) is 1. The first-order valence-electron chi connectivity index (χ1n) is 4.86. The van der Waals surface area contributed by atoms with E-state index in [1.54, 1.807) is 12.1 Å². The summed E-state index contributed by atoms with van der Waals surface area (Å²) in [6.07, 6.45) is 2.96. The summed E-state index contributed by atoms with van der Waals surface area (Å²) in [6.45, 7) is 3.77. The number of nitrogens with one attached hydrogen (secondary N) is 1. The molecule has 0 atom stereocenters. The Labute approximate surface area is 104 Å². The van der Waals surface area contributed by atoms with Crippen LogP contribution in [0.15, 0.2) is 28.7 Å². The normalized spacial score (nSPS) is 11.4. The van der Waals surface area contributed by atoms with Crippen molar-refractivity contribution in [3.63, 3.8) is 0 Å². The second kappa shape index (κ2) is 4.42. The first kappa shape index (κ1) is 12.0. The number of hydrogen-bond acceptors (Lipinski definition) is 5. The quantitative estimate of drug-likeness (QED) is 0.924. The molecule has 0 aromatic carbocycles. The van der Waals surface area contributed by atoms with Gasteiger partial charge in [-0.05, 0) is 31.5 Å². The SMILES string of the molecule is Cc1cc(S(=O)(=O)Nc2ncccn2)sc1C. The monoisotopic (exact) mass is 269 g/mol. The average molecular weight is 269 g/mol. The van der Waals surface area contributed by atoms with Crippen molar-refractivity contribution in [3.05, 3.63) is 35.0 Å². The molecule has 0 amide bonds. The van der Waals surface area contributed by atoms with Crippen LogP contribution in [0.4, 0.5) is 5.95 Å². The zero-order chi connectivity index (χ0) is 12.5. The summed E-state index contributed by atoms with van der Waals surface area (Å²) in [5.41, 5.74) is 0.962. The summed E-state index contributed by atoms with van der Waals surface area (Å²) in [7, 11) is -3.57. The van der Waals surface area contributed by atoms with Gasteiger partial charge in [-0.1, -0.05) is 0 Å². The third kappa shape index (κ3) is 2.62. The molecule has 0 aliphatic heterocycles. The summed E-state index contributed by atoms with van der Waals surface area (Å²) < 4.78 is 26.6.